The highest BCUT2D eigenvalue weighted by molar-refractivity contribution is 5.77. The van der Waals surface area contributed by atoms with Gasteiger partial charge in [-0.1, -0.05) is 6.58 Å². The van der Waals surface area contributed by atoms with Crippen molar-refractivity contribution in [2.24, 2.45) is 0 Å². The summed E-state index contributed by atoms with van der Waals surface area (Å²) in [5.41, 5.74) is 3.71. The van der Waals surface area contributed by atoms with Crippen LogP contribution in [0.15, 0.2) is 31.0 Å². The Kier molecular flexibility index (Phi) is 3.04. The summed E-state index contributed by atoms with van der Waals surface area (Å²) in [5, 5.41) is 3.13. The summed E-state index contributed by atoms with van der Waals surface area (Å²) in [7, 11) is 2.14. The summed E-state index contributed by atoms with van der Waals surface area (Å²) < 4.78 is 0. The fourth-order valence-electron chi connectivity index (χ4n) is 2.14. The highest BCUT2D eigenvalue weighted by Crippen LogP contribution is 2.34. The van der Waals surface area contributed by atoms with Crippen LogP contribution in [0.3, 0.4) is 0 Å². The van der Waals surface area contributed by atoms with Crippen LogP contribution in [-0.2, 0) is 0 Å². The molecular formula is C13H19N3. The lowest BCUT2D eigenvalue weighted by Gasteiger charge is -2.36. The molecule has 0 spiro atoms. The molecule has 1 N–H and O–H groups in total. The molecular weight excluding hydrogens is 198 g/mol. The van der Waals surface area contributed by atoms with Crippen molar-refractivity contribution in [2.75, 3.05) is 41.8 Å². The van der Waals surface area contributed by atoms with E-state index in [1.807, 2.05) is 0 Å². The van der Waals surface area contributed by atoms with E-state index in [2.05, 4.69) is 53.9 Å². The fourth-order valence-corrected chi connectivity index (χ4v) is 2.14. The zero-order valence-electron chi connectivity index (χ0n) is 10.0. The van der Waals surface area contributed by atoms with Crippen LogP contribution in [0.25, 0.3) is 0 Å². The standard InChI is InChI=1S/C13H19N3/c1-4-14-11-6-7-12-13(10-11)15(3)8-9-16(12)5-2/h4,6-7,10,14H,1,5,8-9H2,2-3H3. The van der Waals surface area contributed by atoms with E-state index < -0.39 is 0 Å². The molecule has 1 aromatic carbocycles. The Labute approximate surface area is 97.4 Å². The van der Waals surface area contributed by atoms with Crippen molar-refractivity contribution in [2.45, 2.75) is 6.92 Å². The van der Waals surface area contributed by atoms with Crippen LogP contribution < -0.4 is 15.1 Å². The predicted molar refractivity (Wildman–Crippen MR) is 71.4 cm³/mol. The molecule has 0 bridgehead atoms. The van der Waals surface area contributed by atoms with Gasteiger partial charge in [-0.05, 0) is 31.3 Å². The Hall–Kier alpha value is -1.64. The van der Waals surface area contributed by atoms with Crippen molar-refractivity contribution < 1.29 is 0 Å². The quantitative estimate of drug-likeness (QED) is 0.839. The molecule has 0 saturated heterocycles. The van der Waals surface area contributed by atoms with Gasteiger partial charge in [0.05, 0.1) is 11.4 Å². The van der Waals surface area contributed by atoms with E-state index in [1.54, 1.807) is 6.20 Å². The van der Waals surface area contributed by atoms with Crippen LogP contribution in [0.1, 0.15) is 6.92 Å². The van der Waals surface area contributed by atoms with E-state index in [-0.39, 0.29) is 0 Å². The van der Waals surface area contributed by atoms with Gasteiger partial charge in [-0.3, -0.25) is 0 Å². The monoisotopic (exact) mass is 217 g/mol. The first-order chi connectivity index (χ1) is 7.76. The van der Waals surface area contributed by atoms with Gasteiger partial charge >= 0.3 is 0 Å². The number of nitrogens with zero attached hydrogens (tertiary/aromatic N) is 2. The lowest BCUT2D eigenvalue weighted by Crippen LogP contribution is -2.38. The number of benzene rings is 1. The smallest absolute Gasteiger partial charge is 0.0622 e. The molecule has 86 valence electrons. The summed E-state index contributed by atoms with van der Waals surface area (Å²) >= 11 is 0. The maximum Gasteiger partial charge on any atom is 0.0622 e. The van der Waals surface area contributed by atoms with Crippen LogP contribution in [0, 0.1) is 0 Å². The molecule has 1 aromatic rings. The van der Waals surface area contributed by atoms with Crippen LogP contribution in [0.5, 0.6) is 0 Å². The third-order valence-electron chi connectivity index (χ3n) is 3.08. The zero-order valence-corrected chi connectivity index (χ0v) is 10.0. The molecule has 16 heavy (non-hydrogen) atoms. The molecule has 0 aliphatic carbocycles. The van der Waals surface area contributed by atoms with Gasteiger partial charge < -0.3 is 15.1 Å². The lowest BCUT2D eigenvalue weighted by atomic mass is 10.1. The molecule has 0 saturated carbocycles. The average molecular weight is 217 g/mol. The van der Waals surface area contributed by atoms with Gasteiger partial charge in [-0.25, -0.2) is 0 Å². The average Bonchev–Trinajstić information content (AvgIpc) is 2.31. The summed E-state index contributed by atoms with van der Waals surface area (Å²) in [6.07, 6.45) is 1.71. The van der Waals surface area contributed by atoms with Gasteiger partial charge in [0.2, 0.25) is 0 Å². The SMILES string of the molecule is C=CNc1ccc2c(c1)N(C)CCN2CC. The summed E-state index contributed by atoms with van der Waals surface area (Å²) in [6.45, 7) is 9.13. The lowest BCUT2D eigenvalue weighted by molar-refractivity contribution is 0.754. The summed E-state index contributed by atoms with van der Waals surface area (Å²) in [5.74, 6) is 0. The minimum atomic E-state index is 1.06. The molecule has 0 radical (unpaired) electrons. The van der Waals surface area contributed by atoms with Crippen LogP contribution in [-0.4, -0.2) is 26.7 Å². The predicted octanol–water partition coefficient (Wildman–Crippen LogP) is 2.52. The molecule has 0 atom stereocenters. The molecule has 1 aliphatic rings. The first kappa shape index (κ1) is 10.9. The van der Waals surface area contributed by atoms with Gasteiger partial charge in [0.15, 0.2) is 0 Å². The third kappa shape index (κ3) is 1.85. The third-order valence-corrected chi connectivity index (χ3v) is 3.08. The Balaban J connectivity index is 2.38. The van der Waals surface area contributed by atoms with Gasteiger partial charge in [0, 0.05) is 32.4 Å². The molecule has 3 nitrogen and oxygen atoms in total. The summed E-state index contributed by atoms with van der Waals surface area (Å²) in [4.78, 5) is 4.71. The normalized spacial score (nSPS) is 14.6. The van der Waals surface area contributed by atoms with Gasteiger partial charge in [0.1, 0.15) is 0 Å². The molecule has 2 rings (SSSR count). The van der Waals surface area contributed by atoms with Crippen molar-refractivity contribution >= 4 is 17.1 Å². The van der Waals surface area contributed by atoms with E-state index in [1.165, 1.54) is 11.4 Å². The van der Waals surface area contributed by atoms with Crippen molar-refractivity contribution in [1.82, 2.24) is 0 Å². The number of fused-ring (bicyclic) bond motifs is 1. The molecule has 1 aliphatic heterocycles. The van der Waals surface area contributed by atoms with Crippen molar-refractivity contribution in [3.8, 4) is 0 Å². The van der Waals surface area contributed by atoms with Crippen LogP contribution in [0.4, 0.5) is 17.1 Å². The maximum absolute atomic E-state index is 3.68. The number of likely N-dealkylation sites (N-methyl/N-ethyl adjacent to an activating group) is 2. The number of hydrogen-bond acceptors (Lipinski definition) is 3. The first-order valence-corrected chi connectivity index (χ1v) is 5.74. The van der Waals surface area contributed by atoms with Crippen molar-refractivity contribution in [3.63, 3.8) is 0 Å². The van der Waals surface area contributed by atoms with E-state index in [0.717, 1.165) is 25.3 Å². The zero-order chi connectivity index (χ0) is 11.5. The van der Waals surface area contributed by atoms with E-state index in [9.17, 15) is 0 Å². The van der Waals surface area contributed by atoms with Gasteiger partial charge in [0.25, 0.3) is 0 Å². The Bertz CT molecular complexity index is 387. The highest BCUT2D eigenvalue weighted by Gasteiger charge is 2.18. The second kappa shape index (κ2) is 4.47. The highest BCUT2D eigenvalue weighted by atomic mass is 15.2. The molecule has 0 amide bonds. The second-order valence-corrected chi connectivity index (χ2v) is 4.05. The molecule has 3 heteroatoms. The van der Waals surface area contributed by atoms with Crippen LogP contribution >= 0.6 is 0 Å². The largest absolute Gasteiger partial charge is 0.371 e. The molecule has 0 unspecified atom stereocenters. The minimum Gasteiger partial charge on any atom is -0.371 e. The maximum atomic E-state index is 3.68. The second-order valence-electron chi connectivity index (χ2n) is 4.05. The molecule has 0 aromatic heterocycles. The minimum absolute atomic E-state index is 1.06. The fraction of sp³-hybridized carbons (Fsp3) is 0.385. The van der Waals surface area contributed by atoms with Gasteiger partial charge in [-0.15, -0.1) is 0 Å². The Morgan fingerprint density at radius 2 is 2.19 bits per heavy atom. The number of rotatable bonds is 3. The Morgan fingerprint density at radius 3 is 2.88 bits per heavy atom. The van der Waals surface area contributed by atoms with E-state index in [4.69, 9.17) is 0 Å². The topological polar surface area (TPSA) is 18.5 Å². The summed E-state index contributed by atoms with van der Waals surface area (Å²) in [6, 6.07) is 6.46. The Morgan fingerprint density at radius 1 is 1.38 bits per heavy atom. The van der Waals surface area contributed by atoms with Gasteiger partial charge in [-0.2, -0.15) is 0 Å². The van der Waals surface area contributed by atoms with Crippen molar-refractivity contribution in [3.05, 3.63) is 31.0 Å². The first-order valence-electron chi connectivity index (χ1n) is 5.74. The van der Waals surface area contributed by atoms with Crippen molar-refractivity contribution in [1.29, 1.82) is 0 Å². The van der Waals surface area contributed by atoms with E-state index >= 15 is 0 Å². The van der Waals surface area contributed by atoms with E-state index in [0.29, 0.717) is 0 Å². The van der Waals surface area contributed by atoms with Crippen LogP contribution in [0.2, 0.25) is 0 Å². The number of nitrogens with one attached hydrogen (secondary N) is 1. The molecule has 1 heterocycles. The molecule has 0 fully saturated rings. The number of anilines is 3. The number of hydrogen-bond donors (Lipinski definition) is 1.